The number of nitrogens with one attached hydrogen (secondary N) is 1. The minimum absolute atomic E-state index is 0.327. The summed E-state index contributed by atoms with van der Waals surface area (Å²) in [6.45, 7) is 0.327. The first-order chi connectivity index (χ1) is 8.15. The molecule has 0 saturated carbocycles. The molecule has 2 aromatic rings. The Morgan fingerprint density at radius 1 is 1.12 bits per heavy atom. The van der Waals surface area contributed by atoms with Gasteiger partial charge in [0.15, 0.2) is 11.6 Å². The highest BCUT2D eigenvalue weighted by molar-refractivity contribution is 5.43. The van der Waals surface area contributed by atoms with Crippen LogP contribution in [0.15, 0.2) is 30.6 Å². The van der Waals surface area contributed by atoms with E-state index in [1.807, 2.05) is 0 Å². The van der Waals surface area contributed by atoms with Crippen LogP contribution in [-0.4, -0.2) is 9.97 Å². The Morgan fingerprint density at radius 3 is 2.65 bits per heavy atom. The Balaban J connectivity index is 2.05. The maximum absolute atomic E-state index is 12.9. The first-order valence-electron chi connectivity index (χ1n) is 4.90. The van der Waals surface area contributed by atoms with E-state index in [2.05, 4.69) is 15.3 Å². The van der Waals surface area contributed by atoms with Crippen molar-refractivity contribution in [3.05, 3.63) is 47.8 Å². The van der Waals surface area contributed by atoms with Gasteiger partial charge >= 0.3 is 0 Å². The SMILES string of the molecule is Nc1cc(NCc2ccc(F)c(F)c2)ncn1. The maximum Gasteiger partial charge on any atom is 0.159 e. The average molecular weight is 236 g/mol. The van der Waals surface area contributed by atoms with Crippen molar-refractivity contribution >= 4 is 11.6 Å². The van der Waals surface area contributed by atoms with Crippen LogP contribution in [0.2, 0.25) is 0 Å². The molecule has 0 aliphatic carbocycles. The summed E-state index contributed by atoms with van der Waals surface area (Å²) in [5, 5.41) is 2.93. The molecule has 0 bridgehead atoms. The number of halogens is 2. The minimum atomic E-state index is -0.869. The first kappa shape index (κ1) is 11.3. The van der Waals surface area contributed by atoms with E-state index in [0.29, 0.717) is 23.7 Å². The van der Waals surface area contributed by atoms with Crippen molar-refractivity contribution in [1.82, 2.24) is 9.97 Å². The lowest BCUT2D eigenvalue weighted by Gasteiger charge is -2.06. The van der Waals surface area contributed by atoms with Gasteiger partial charge in [-0.3, -0.25) is 0 Å². The van der Waals surface area contributed by atoms with E-state index < -0.39 is 11.6 Å². The molecule has 1 aromatic carbocycles. The van der Waals surface area contributed by atoms with Crippen molar-refractivity contribution in [2.75, 3.05) is 11.1 Å². The minimum Gasteiger partial charge on any atom is -0.384 e. The molecule has 2 rings (SSSR count). The van der Waals surface area contributed by atoms with Crippen molar-refractivity contribution in [3.63, 3.8) is 0 Å². The van der Waals surface area contributed by atoms with Gasteiger partial charge in [-0.25, -0.2) is 18.7 Å². The summed E-state index contributed by atoms with van der Waals surface area (Å²) in [4.78, 5) is 7.66. The number of nitrogen functional groups attached to an aromatic ring is 1. The second-order valence-electron chi connectivity index (χ2n) is 3.43. The fourth-order valence-corrected chi connectivity index (χ4v) is 1.31. The fourth-order valence-electron chi connectivity index (χ4n) is 1.31. The molecule has 0 aliphatic heterocycles. The van der Waals surface area contributed by atoms with Crippen LogP contribution in [-0.2, 0) is 6.54 Å². The van der Waals surface area contributed by atoms with Crippen LogP contribution >= 0.6 is 0 Å². The van der Waals surface area contributed by atoms with Gasteiger partial charge in [0.25, 0.3) is 0 Å². The summed E-state index contributed by atoms with van der Waals surface area (Å²) in [6, 6.07) is 5.27. The zero-order valence-electron chi connectivity index (χ0n) is 8.82. The van der Waals surface area contributed by atoms with Gasteiger partial charge in [-0.2, -0.15) is 0 Å². The van der Waals surface area contributed by atoms with Crippen LogP contribution < -0.4 is 11.1 Å². The highest BCUT2D eigenvalue weighted by atomic mass is 19.2. The zero-order valence-corrected chi connectivity index (χ0v) is 8.82. The van der Waals surface area contributed by atoms with Gasteiger partial charge in [-0.1, -0.05) is 6.07 Å². The predicted molar refractivity (Wildman–Crippen MR) is 60.1 cm³/mol. The molecule has 0 fully saturated rings. The third kappa shape index (κ3) is 2.87. The molecular formula is C11H10F2N4. The lowest BCUT2D eigenvalue weighted by molar-refractivity contribution is 0.507. The summed E-state index contributed by atoms with van der Waals surface area (Å²) in [5.41, 5.74) is 6.08. The summed E-state index contributed by atoms with van der Waals surface area (Å²) >= 11 is 0. The van der Waals surface area contributed by atoms with Crippen LogP contribution in [0.3, 0.4) is 0 Å². The molecule has 4 nitrogen and oxygen atoms in total. The van der Waals surface area contributed by atoms with Gasteiger partial charge in [0.05, 0.1) is 0 Å². The normalized spacial score (nSPS) is 10.2. The molecule has 3 N–H and O–H groups in total. The zero-order chi connectivity index (χ0) is 12.3. The molecule has 0 aliphatic rings. The van der Waals surface area contributed by atoms with Gasteiger partial charge < -0.3 is 11.1 Å². The molecule has 0 saturated heterocycles. The van der Waals surface area contributed by atoms with Gasteiger partial charge in [-0.15, -0.1) is 0 Å². The lowest BCUT2D eigenvalue weighted by atomic mass is 10.2. The van der Waals surface area contributed by atoms with Crippen molar-refractivity contribution in [2.45, 2.75) is 6.54 Å². The van der Waals surface area contributed by atoms with Crippen LogP contribution in [0.1, 0.15) is 5.56 Å². The molecular weight excluding hydrogens is 226 g/mol. The van der Waals surface area contributed by atoms with Crippen molar-refractivity contribution in [3.8, 4) is 0 Å². The van der Waals surface area contributed by atoms with E-state index in [1.165, 1.54) is 12.4 Å². The van der Waals surface area contributed by atoms with Crippen LogP contribution in [0.5, 0.6) is 0 Å². The molecule has 0 spiro atoms. The van der Waals surface area contributed by atoms with Crippen LogP contribution in [0, 0.1) is 11.6 Å². The van der Waals surface area contributed by atoms with Crippen LogP contribution in [0.25, 0.3) is 0 Å². The number of hydrogen-bond acceptors (Lipinski definition) is 4. The van der Waals surface area contributed by atoms with Crippen molar-refractivity contribution < 1.29 is 8.78 Å². The standard InChI is InChI=1S/C11H10F2N4/c12-8-2-1-7(3-9(8)13)5-15-11-4-10(14)16-6-17-11/h1-4,6H,5H2,(H3,14,15,16,17). The molecule has 17 heavy (non-hydrogen) atoms. The Bertz CT molecular complexity index is 531. The number of hydrogen-bond donors (Lipinski definition) is 2. The third-order valence-corrected chi connectivity index (χ3v) is 2.15. The fraction of sp³-hybridized carbons (Fsp3) is 0.0909. The summed E-state index contributed by atoms with van der Waals surface area (Å²) < 4.78 is 25.6. The second kappa shape index (κ2) is 4.73. The van der Waals surface area contributed by atoms with Crippen molar-refractivity contribution in [1.29, 1.82) is 0 Å². The Kier molecular flexibility index (Phi) is 3.13. The number of nitrogens with zero attached hydrogens (tertiary/aromatic N) is 2. The topological polar surface area (TPSA) is 63.8 Å². The van der Waals surface area contributed by atoms with E-state index in [1.54, 1.807) is 6.07 Å². The lowest BCUT2D eigenvalue weighted by Crippen LogP contribution is -2.03. The van der Waals surface area contributed by atoms with Gasteiger partial charge in [0.2, 0.25) is 0 Å². The molecule has 0 radical (unpaired) electrons. The summed E-state index contributed by atoms with van der Waals surface area (Å²) in [6.07, 6.45) is 1.32. The smallest absolute Gasteiger partial charge is 0.159 e. The highest BCUT2D eigenvalue weighted by Gasteiger charge is 2.02. The predicted octanol–water partition coefficient (Wildman–Crippen LogP) is 1.95. The third-order valence-electron chi connectivity index (χ3n) is 2.15. The average Bonchev–Trinajstić information content (AvgIpc) is 2.31. The molecule has 0 atom stereocenters. The van der Waals surface area contributed by atoms with E-state index in [4.69, 9.17) is 5.73 Å². The molecule has 0 amide bonds. The first-order valence-corrected chi connectivity index (χ1v) is 4.90. The Hall–Kier alpha value is -2.24. The molecule has 88 valence electrons. The summed E-state index contributed by atoms with van der Waals surface area (Å²) in [7, 11) is 0. The number of benzene rings is 1. The Labute approximate surface area is 96.5 Å². The summed E-state index contributed by atoms with van der Waals surface area (Å²) in [5.74, 6) is -0.860. The molecule has 1 aromatic heterocycles. The van der Waals surface area contributed by atoms with Crippen LogP contribution in [0.4, 0.5) is 20.4 Å². The van der Waals surface area contributed by atoms with Gasteiger partial charge in [0.1, 0.15) is 18.0 Å². The molecule has 1 heterocycles. The number of anilines is 2. The Morgan fingerprint density at radius 2 is 1.94 bits per heavy atom. The number of aromatic nitrogens is 2. The van der Waals surface area contributed by atoms with Crippen molar-refractivity contribution in [2.24, 2.45) is 0 Å². The van der Waals surface area contributed by atoms with Gasteiger partial charge in [-0.05, 0) is 17.7 Å². The largest absolute Gasteiger partial charge is 0.384 e. The monoisotopic (exact) mass is 236 g/mol. The van der Waals surface area contributed by atoms with E-state index in [-0.39, 0.29) is 0 Å². The van der Waals surface area contributed by atoms with E-state index in [0.717, 1.165) is 12.1 Å². The maximum atomic E-state index is 12.9. The highest BCUT2D eigenvalue weighted by Crippen LogP contribution is 2.11. The van der Waals surface area contributed by atoms with Gasteiger partial charge in [0, 0.05) is 12.6 Å². The van der Waals surface area contributed by atoms with E-state index >= 15 is 0 Å². The number of rotatable bonds is 3. The van der Waals surface area contributed by atoms with E-state index in [9.17, 15) is 8.78 Å². The number of nitrogens with two attached hydrogens (primary N) is 1. The molecule has 0 unspecified atom stereocenters. The second-order valence-corrected chi connectivity index (χ2v) is 3.43. The quantitative estimate of drug-likeness (QED) is 0.854. The molecule has 6 heteroatoms.